The number of amides is 1. The van der Waals surface area contributed by atoms with E-state index in [0.717, 1.165) is 32.8 Å². The summed E-state index contributed by atoms with van der Waals surface area (Å²) in [6.45, 7) is 0.620. The fourth-order valence-electron chi connectivity index (χ4n) is 2.31. The molecule has 5 heteroatoms. The van der Waals surface area contributed by atoms with Crippen molar-refractivity contribution in [2.45, 2.75) is 13.0 Å². The number of rotatable bonds is 6. The van der Waals surface area contributed by atoms with Gasteiger partial charge in [-0.05, 0) is 35.8 Å². The van der Waals surface area contributed by atoms with Gasteiger partial charge in [-0.2, -0.15) is 0 Å². The number of carbonyl (C=O) groups excluding carboxylic acids is 1. The molecule has 3 aromatic rings. The zero-order valence-electron chi connectivity index (χ0n) is 13.1. The van der Waals surface area contributed by atoms with Gasteiger partial charge in [-0.3, -0.25) is 4.79 Å². The van der Waals surface area contributed by atoms with Crippen LogP contribution in [0.15, 0.2) is 54.6 Å². The molecule has 24 heavy (non-hydrogen) atoms. The van der Waals surface area contributed by atoms with E-state index >= 15 is 0 Å². The topological polar surface area (TPSA) is 62.2 Å². The fourth-order valence-corrected chi connectivity index (χ4v) is 3.18. The average Bonchev–Trinajstić information content (AvgIpc) is 3.03. The monoisotopic (exact) mass is 338 g/mol. The summed E-state index contributed by atoms with van der Waals surface area (Å²) in [6.07, 6.45) is 4.02. The molecule has 1 heterocycles. The van der Waals surface area contributed by atoms with Crippen LogP contribution in [0, 0.1) is 0 Å². The van der Waals surface area contributed by atoms with E-state index in [1.807, 2.05) is 48.5 Å². The van der Waals surface area contributed by atoms with E-state index in [-0.39, 0.29) is 12.5 Å². The molecular formula is C19H18N2O2S. The minimum absolute atomic E-state index is 0.0492. The SMILES string of the molecule is O=C(/C=C/c1nc2ccccc2s1)NCCc1ccc(CO)cc1. The number of nitrogens with zero attached hydrogens (tertiary/aromatic N) is 1. The Morgan fingerprint density at radius 3 is 2.62 bits per heavy atom. The van der Waals surface area contributed by atoms with Crippen molar-refractivity contribution >= 4 is 33.5 Å². The van der Waals surface area contributed by atoms with Gasteiger partial charge in [0.1, 0.15) is 5.01 Å². The van der Waals surface area contributed by atoms with Crippen LogP contribution in [0.4, 0.5) is 0 Å². The molecule has 2 N–H and O–H groups in total. The quantitative estimate of drug-likeness (QED) is 0.679. The first kappa shape index (κ1) is 16.4. The maximum Gasteiger partial charge on any atom is 0.244 e. The second kappa shape index (κ2) is 7.86. The number of aliphatic hydroxyl groups is 1. The fraction of sp³-hybridized carbons (Fsp3) is 0.158. The molecule has 122 valence electrons. The van der Waals surface area contributed by atoms with Gasteiger partial charge < -0.3 is 10.4 Å². The summed E-state index contributed by atoms with van der Waals surface area (Å²) >= 11 is 1.57. The van der Waals surface area contributed by atoms with E-state index < -0.39 is 0 Å². The summed E-state index contributed by atoms with van der Waals surface area (Å²) in [4.78, 5) is 16.3. The number of aliphatic hydroxyl groups excluding tert-OH is 1. The molecule has 0 aliphatic rings. The largest absolute Gasteiger partial charge is 0.392 e. The lowest BCUT2D eigenvalue weighted by atomic mass is 10.1. The maximum absolute atomic E-state index is 11.9. The Kier molecular flexibility index (Phi) is 5.36. The summed E-state index contributed by atoms with van der Waals surface area (Å²) in [6, 6.07) is 15.6. The summed E-state index contributed by atoms with van der Waals surface area (Å²) in [5, 5.41) is 12.7. The highest BCUT2D eigenvalue weighted by atomic mass is 32.1. The van der Waals surface area contributed by atoms with Crippen LogP contribution in [0.5, 0.6) is 0 Å². The molecule has 1 amide bonds. The normalized spacial score (nSPS) is 11.2. The lowest BCUT2D eigenvalue weighted by molar-refractivity contribution is -0.116. The summed E-state index contributed by atoms with van der Waals surface area (Å²) in [7, 11) is 0. The van der Waals surface area contributed by atoms with Crippen molar-refractivity contribution in [3.05, 3.63) is 70.7 Å². The van der Waals surface area contributed by atoms with E-state index in [1.54, 1.807) is 17.4 Å². The first-order chi connectivity index (χ1) is 11.7. The summed E-state index contributed by atoms with van der Waals surface area (Å²) < 4.78 is 1.11. The molecule has 1 aromatic heterocycles. The molecule has 0 aliphatic carbocycles. The molecule has 0 saturated heterocycles. The third-order valence-electron chi connectivity index (χ3n) is 3.61. The molecule has 2 aromatic carbocycles. The Morgan fingerprint density at radius 1 is 1.12 bits per heavy atom. The number of para-hydroxylation sites is 1. The second-order valence-corrected chi connectivity index (χ2v) is 6.43. The molecule has 0 bridgehead atoms. The zero-order chi connectivity index (χ0) is 16.8. The smallest absolute Gasteiger partial charge is 0.244 e. The lowest BCUT2D eigenvalue weighted by Crippen LogP contribution is -2.23. The molecule has 0 aliphatic heterocycles. The minimum atomic E-state index is -0.124. The van der Waals surface area contributed by atoms with Gasteiger partial charge in [0.2, 0.25) is 5.91 Å². The Balaban J connectivity index is 1.49. The van der Waals surface area contributed by atoms with Gasteiger partial charge in [0.15, 0.2) is 0 Å². The third-order valence-corrected chi connectivity index (χ3v) is 4.61. The van der Waals surface area contributed by atoms with Gasteiger partial charge in [-0.1, -0.05) is 36.4 Å². The second-order valence-electron chi connectivity index (χ2n) is 5.37. The van der Waals surface area contributed by atoms with Gasteiger partial charge in [-0.25, -0.2) is 4.98 Å². The van der Waals surface area contributed by atoms with Crippen LogP contribution in [0.25, 0.3) is 16.3 Å². The first-order valence-electron chi connectivity index (χ1n) is 7.75. The predicted octanol–water partition coefficient (Wildman–Crippen LogP) is 3.16. The molecule has 0 atom stereocenters. The molecule has 0 unspecified atom stereocenters. The van der Waals surface area contributed by atoms with Crippen LogP contribution < -0.4 is 5.32 Å². The van der Waals surface area contributed by atoms with Crippen LogP contribution in [-0.2, 0) is 17.8 Å². The average molecular weight is 338 g/mol. The van der Waals surface area contributed by atoms with Crippen LogP contribution >= 0.6 is 11.3 Å². The Bertz CT molecular complexity index is 820. The van der Waals surface area contributed by atoms with Gasteiger partial charge >= 0.3 is 0 Å². The lowest BCUT2D eigenvalue weighted by Gasteiger charge is -2.03. The van der Waals surface area contributed by atoms with Gasteiger partial charge in [0.05, 0.1) is 16.8 Å². The van der Waals surface area contributed by atoms with Crippen molar-refractivity contribution in [3.8, 4) is 0 Å². The zero-order valence-corrected chi connectivity index (χ0v) is 13.9. The van der Waals surface area contributed by atoms with Crippen LogP contribution in [0.1, 0.15) is 16.1 Å². The number of thiazole rings is 1. The summed E-state index contributed by atoms with van der Waals surface area (Å²) in [5.74, 6) is -0.124. The number of benzene rings is 2. The molecule has 3 rings (SSSR count). The molecule has 4 nitrogen and oxygen atoms in total. The van der Waals surface area contributed by atoms with Crippen molar-refractivity contribution in [1.82, 2.24) is 10.3 Å². The predicted molar refractivity (Wildman–Crippen MR) is 97.7 cm³/mol. The minimum Gasteiger partial charge on any atom is -0.392 e. The molecular weight excluding hydrogens is 320 g/mol. The number of hydrogen-bond acceptors (Lipinski definition) is 4. The Hall–Kier alpha value is -2.50. The molecule has 0 spiro atoms. The first-order valence-corrected chi connectivity index (χ1v) is 8.56. The van der Waals surface area contributed by atoms with E-state index in [1.165, 1.54) is 6.08 Å². The van der Waals surface area contributed by atoms with Gasteiger partial charge in [0, 0.05) is 12.6 Å². The van der Waals surface area contributed by atoms with E-state index in [4.69, 9.17) is 5.11 Å². The van der Waals surface area contributed by atoms with Crippen molar-refractivity contribution in [2.24, 2.45) is 0 Å². The number of nitrogens with one attached hydrogen (secondary N) is 1. The molecule has 0 fully saturated rings. The highest BCUT2D eigenvalue weighted by Crippen LogP contribution is 2.22. The standard InChI is InChI=1S/C19H18N2O2S/c22-13-15-7-5-14(6-8-15)11-12-20-18(23)9-10-19-21-16-3-1-2-4-17(16)24-19/h1-10,22H,11-13H2,(H,20,23)/b10-9+. The number of aromatic nitrogens is 1. The summed E-state index contributed by atoms with van der Waals surface area (Å²) in [5.41, 5.74) is 2.97. The van der Waals surface area contributed by atoms with Gasteiger partial charge in [0.25, 0.3) is 0 Å². The Labute approximate surface area is 144 Å². The van der Waals surface area contributed by atoms with E-state index in [9.17, 15) is 4.79 Å². The van der Waals surface area contributed by atoms with Gasteiger partial charge in [-0.15, -0.1) is 11.3 Å². The van der Waals surface area contributed by atoms with Crippen molar-refractivity contribution in [3.63, 3.8) is 0 Å². The molecule has 0 saturated carbocycles. The van der Waals surface area contributed by atoms with Crippen molar-refractivity contribution in [1.29, 1.82) is 0 Å². The van der Waals surface area contributed by atoms with E-state index in [2.05, 4.69) is 10.3 Å². The van der Waals surface area contributed by atoms with Crippen molar-refractivity contribution < 1.29 is 9.90 Å². The van der Waals surface area contributed by atoms with Crippen LogP contribution in [-0.4, -0.2) is 22.5 Å². The number of fused-ring (bicyclic) bond motifs is 1. The maximum atomic E-state index is 11.9. The Morgan fingerprint density at radius 2 is 1.88 bits per heavy atom. The van der Waals surface area contributed by atoms with Crippen LogP contribution in [0.3, 0.4) is 0 Å². The highest BCUT2D eigenvalue weighted by molar-refractivity contribution is 7.19. The van der Waals surface area contributed by atoms with Crippen molar-refractivity contribution in [2.75, 3.05) is 6.54 Å². The van der Waals surface area contributed by atoms with Crippen LogP contribution in [0.2, 0.25) is 0 Å². The van der Waals surface area contributed by atoms with E-state index in [0.29, 0.717) is 6.54 Å². The molecule has 0 radical (unpaired) electrons. The highest BCUT2D eigenvalue weighted by Gasteiger charge is 2.01. The number of carbonyl (C=O) groups is 1. The third kappa shape index (κ3) is 4.28. The number of hydrogen-bond donors (Lipinski definition) is 2.